The summed E-state index contributed by atoms with van der Waals surface area (Å²) in [6, 6.07) is 29.1. The molecule has 2 heterocycles. The van der Waals surface area contributed by atoms with Gasteiger partial charge in [0.25, 0.3) is 11.8 Å². The van der Waals surface area contributed by atoms with Gasteiger partial charge in [-0.3, -0.25) is 19.0 Å². The van der Waals surface area contributed by atoms with Crippen LogP contribution >= 0.6 is 0 Å². The van der Waals surface area contributed by atoms with Crippen LogP contribution in [0.4, 0.5) is 5.69 Å². The molecule has 0 aliphatic rings. The molecule has 262 valence electrons. The third-order valence-electron chi connectivity index (χ3n) is 8.73. The molecule has 6 rings (SSSR count). The van der Waals surface area contributed by atoms with Crippen LogP contribution in [0.5, 0.6) is 11.5 Å². The van der Waals surface area contributed by atoms with Gasteiger partial charge in [-0.05, 0) is 54.1 Å². The van der Waals surface area contributed by atoms with Crippen molar-refractivity contribution in [3.8, 4) is 11.5 Å². The minimum atomic E-state index is -0.890. The van der Waals surface area contributed by atoms with Gasteiger partial charge in [-0.25, -0.2) is 4.79 Å². The highest BCUT2D eigenvalue weighted by molar-refractivity contribution is 6.09. The van der Waals surface area contributed by atoms with Crippen molar-refractivity contribution in [3.05, 3.63) is 126 Å². The molecule has 2 aromatic heterocycles. The normalized spacial score (nSPS) is 11.0. The number of hydrogen-bond donors (Lipinski definition) is 3. The van der Waals surface area contributed by atoms with Gasteiger partial charge in [-0.2, -0.15) is 0 Å². The second kappa shape index (κ2) is 15.0. The summed E-state index contributed by atoms with van der Waals surface area (Å²) in [5.41, 5.74) is 4.12. The van der Waals surface area contributed by atoms with Crippen LogP contribution in [0.3, 0.4) is 0 Å². The quantitative estimate of drug-likeness (QED) is 0.146. The smallest absolute Gasteiger partial charge is 0.352 e. The number of anilines is 1. The van der Waals surface area contributed by atoms with Gasteiger partial charge in [0, 0.05) is 59.7 Å². The number of rotatable bonds is 9. The van der Waals surface area contributed by atoms with E-state index in [1.165, 1.54) is 18.6 Å². The molecule has 3 N–H and O–H groups in total. The molecule has 4 aromatic carbocycles. The number of carbonyl (C=O) groups is 4. The minimum absolute atomic E-state index is 0.154. The second-order valence-electron chi connectivity index (χ2n) is 12.6. The van der Waals surface area contributed by atoms with Crippen molar-refractivity contribution in [1.29, 1.82) is 0 Å². The number of carboxylic acid groups (broad SMARTS) is 1. The Balaban J connectivity index is 0.000000323. The number of aromatic carboxylic acids is 1. The van der Waals surface area contributed by atoms with Crippen molar-refractivity contribution in [1.82, 2.24) is 14.5 Å². The van der Waals surface area contributed by atoms with Crippen LogP contribution in [0, 0.1) is 0 Å². The monoisotopic (exact) mass is 688 g/mol. The third kappa shape index (κ3) is 7.78. The van der Waals surface area contributed by atoms with Crippen molar-refractivity contribution in [2.75, 3.05) is 26.1 Å². The Morgan fingerprint density at radius 1 is 0.784 bits per heavy atom. The fourth-order valence-electron chi connectivity index (χ4n) is 5.80. The number of aromatic nitrogens is 2. The standard InChI is InChI=1S/C30H31N3O5.C10H9NO2/c1-19(34)33-17-24(23-8-6-7-9-25(23)33)29(36)31-18-30(2,3)21-11-13-22(14-12-21)32-28(35)20-10-15-26(37-4)27(16-20)38-5;1-11-8-5-3-2-4-7(8)6-9(11)10(12)13/h6-17H,18H2,1-5H3,(H,31,36)(H,32,35);2-6H,1H3,(H,12,13). The fraction of sp³-hybridized carbons (Fsp3) is 0.200. The Labute approximate surface area is 295 Å². The molecule has 0 saturated heterocycles. The number of fused-ring (bicyclic) bond motifs is 2. The van der Waals surface area contributed by atoms with Gasteiger partial charge in [0.05, 0.1) is 25.3 Å². The van der Waals surface area contributed by atoms with Crippen LogP contribution in [0.25, 0.3) is 21.8 Å². The van der Waals surface area contributed by atoms with E-state index in [-0.39, 0.29) is 23.1 Å². The van der Waals surface area contributed by atoms with E-state index >= 15 is 0 Å². The maximum absolute atomic E-state index is 13.1. The first-order chi connectivity index (χ1) is 24.3. The summed E-state index contributed by atoms with van der Waals surface area (Å²) >= 11 is 0. The lowest BCUT2D eigenvalue weighted by molar-refractivity contribution is 0.0686. The van der Waals surface area contributed by atoms with E-state index < -0.39 is 5.97 Å². The number of amides is 2. The lowest BCUT2D eigenvalue weighted by Crippen LogP contribution is -2.36. The molecular weight excluding hydrogens is 648 g/mol. The van der Waals surface area contributed by atoms with Crippen molar-refractivity contribution in [3.63, 3.8) is 0 Å². The topological polar surface area (TPSA) is 141 Å². The molecule has 11 heteroatoms. The highest BCUT2D eigenvalue weighted by Crippen LogP contribution is 2.29. The van der Waals surface area contributed by atoms with Crippen LogP contribution in [0.1, 0.15) is 62.3 Å². The average molecular weight is 689 g/mol. The molecule has 6 aromatic rings. The van der Waals surface area contributed by atoms with E-state index in [9.17, 15) is 19.2 Å². The van der Waals surface area contributed by atoms with Crippen molar-refractivity contribution < 1.29 is 33.8 Å². The summed E-state index contributed by atoms with van der Waals surface area (Å²) in [6.07, 6.45) is 1.59. The number of para-hydroxylation sites is 2. The number of nitrogens with one attached hydrogen (secondary N) is 2. The summed E-state index contributed by atoms with van der Waals surface area (Å²) in [5.74, 6) is -0.530. The number of benzene rings is 4. The number of carboxylic acids is 1. The van der Waals surface area contributed by atoms with Crippen molar-refractivity contribution in [2.45, 2.75) is 26.2 Å². The van der Waals surface area contributed by atoms with Gasteiger partial charge in [0.1, 0.15) is 5.69 Å². The molecule has 51 heavy (non-hydrogen) atoms. The van der Waals surface area contributed by atoms with Gasteiger partial charge in [-0.15, -0.1) is 0 Å². The number of hydrogen-bond acceptors (Lipinski definition) is 6. The maximum Gasteiger partial charge on any atom is 0.352 e. The van der Waals surface area contributed by atoms with Crippen LogP contribution in [0.15, 0.2) is 103 Å². The first kappa shape index (κ1) is 35.9. The number of methoxy groups -OCH3 is 2. The largest absolute Gasteiger partial charge is 0.493 e. The first-order valence-electron chi connectivity index (χ1n) is 16.2. The van der Waals surface area contributed by atoms with Gasteiger partial charge in [-0.1, -0.05) is 62.4 Å². The number of aryl methyl sites for hydroxylation is 1. The molecule has 0 saturated carbocycles. The highest BCUT2D eigenvalue weighted by atomic mass is 16.5. The summed E-state index contributed by atoms with van der Waals surface area (Å²) in [5, 5.41) is 16.4. The zero-order valence-corrected chi connectivity index (χ0v) is 29.3. The lowest BCUT2D eigenvalue weighted by Gasteiger charge is -2.26. The predicted octanol–water partition coefficient (Wildman–Crippen LogP) is 7.16. The first-order valence-corrected chi connectivity index (χ1v) is 16.2. The molecule has 0 aliphatic carbocycles. The maximum atomic E-state index is 13.1. The van der Waals surface area contributed by atoms with Gasteiger partial charge >= 0.3 is 5.97 Å². The van der Waals surface area contributed by atoms with Crippen LogP contribution in [0.2, 0.25) is 0 Å². The van der Waals surface area contributed by atoms with Gasteiger partial charge < -0.3 is 29.8 Å². The SMILES string of the molecule is COc1ccc(C(=O)Nc2ccc(C(C)(C)CNC(=O)c3cn(C(C)=O)c4ccccc34)cc2)cc1OC.Cn1c(C(=O)O)cc2ccccc21. The number of carbonyl (C=O) groups excluding carboxylic acids is 3. The molecule has 0 spiro atoms. The van der Waals surface area contributed by atoms with E-state index in [0.29, 0.717) is 46.1 Å². The average Bonchev–Trinajstić information content (AvgIpc) is 3.69. The molecule has 0 unspecified atom stereocenters. The second-order valence-corrected chi connectivity index (χ2v) is 12.6. The summed E-state index contributed by atoms with van der Waals surface area (Å²) in [4.78, 5) is 48.6. The zero-order valence-electron chi connectivity index (χ0n) is 29.3. The van der Waals surface area contributed by atoms with E-state index in [4.69, 9.17) is 14.6 Å². The summed E-state index contributed by atoms with van der Waals surface area (Å²) in [6.45, 7) is 5.91. The fourth-order valence-corrected chi connectivity index (χ4v) is 5.80. The molecule has 0 aliphatic heterocycles. The summed E-state index contributed by atoms with van der Waals surface area (Å²) < 4.78 is 13.7. The molecule has 0 bridgehead atoms. The number of ether oxygens (including phenoxy) is 2. The van der Waals surface area contributed by atoms with E-state index in [1.807, 2.05) is 86.6 Å². The van der Waals surface area contributed by atoms with Crippen molar-refractivity contribution in [2.24, 2.45) is 7.05 Å². The molecule has 0 atom stereocenters. The number of nitrogens with zero attached hydrogens (tertiary/aromatic N) is 2. The molecule has 2 amide bonds. The zero-order chi connectivity index (χ0) is 36.9. The van der Waals surface area contributed by atoms with E-state index in [1.54, 1.807) is 49.2 Å². The van der Waals surface area contributed by atoms with E-state index in [0.717, 1.165) is 21.9 Å². The molecule has 11 nitrogen and oxygen atoms in total. The Kier molecular flexibility index (Phi) is 10.6. The Morgan fingerprint density at radius 2 is 1.43 bits per heavy atom. The van der Waals surface area contributed by atoms with Crippen LogP contribution in [-0.4, -0.2) is 58.7 Å². The Bertz CT molecular complexity index is 2250. The Hall–Kier alpha value is -6.36. The molecule has 0 radical (unpaired) electrons. The van der Waals surface area contributed by atoms with Gasteiger partial charge in [0.15, 0.2) is 11.5 Å². The highest BCUT2D eigenvalue weighted by Gasteiger charge is 2.24. The molecular formula is C40H40N4O7. The van der Waals surface area contributed by atoms with Crippen molar-refractivity contribution >= 4 is 51.2 Å². The third-order valence-corrected chi connectivity index (χ3v) is 8.73. The van der Waals surface area contributed by atoms with Crippen LogP contribution < -0.4 is 20.1 Å². The predicted molar refractivity (Wildman–Crippen MR) is 197 cm³/mol. The van der Waals surface area contributed by atoms with E-state index in [2.05, 4.69) is 10.6 Å². The Morgan fingerprint density at radius 3 is 2.06 bits per heavy atom. The summed E-state index contributed by atoms with van der Waals surface area (Å²) in [7, 11) is 4.82. The minimum Gasteiger partial charge on any atom is -0.493 e. The molecule has 0 fully saturated rings. The van der Waals surface area contributed by atoms with Gasteiger partial charge in [0.2, 0.25) is 5.91 Å². The lowest BCUT2D eigenvalue weighted by atomic mass is 9.84. The van der Waals surface area contributed by atoms with Crippen LogP contribution in [-0.2, 0) is 12.5 Å².